The lowest BCUT2D eigenvalue weighted by molar-refractivity contribution is 0.0941. The van der Waals surface area contributed by atoms with E-state index in [9.17, 15) is 14.3 Å². The number of rotatable bonds is 5. The molecule has 1 fully saturated rings. The molecule has 4 nitrogen and oxygen atoms in total. The molecule has 4 N–H and O–H groups in total. The molecule has 0 bridgehead atoms. The second-order valence-corrected chi connectivity index (χ2v) is 4.88. The molecule has 1 aliphatic rings. The van der Waals surface area contributed by atoms with Crippen LogP contribution in [0.3, 0.4) is 0 Å². The van der Waals surface area contributed by atoms with Gasteiger partial charge in [-0.1, -0.05) is 0 Å². The Morgan fingerprint density at radius 2 is 2.22 bits per heavy atom. The molecule has 1 aliphatic carbocycles. The number of carbonyl (C=O) groups is 1. The van der Waals surface area contributed by atoms with Gasteiger partial charge < -0.3 is 16.2 Å². The minimum atomic E-state index is -0.564. The van der Waals surface area contributed by atoms with Crippen LogP contribution in [0.5, 0.6) is 5.75 Å². The van der Waals surface area contributed by atoms with Crippen LogP contribution in [0, 0.1) is 11.2 Å². The van der Waals surface area contributed by atoms with Gasteiger partial charge in [0, 0.05) is 12.6 Å². The Hall–Kier alpha value is -1.62. The maximum absolute atomic E-state index is 12.8. The average molecular weight is 252 g/mol. The lowest BCUT2D eigenvalue weighted by atomic mass is 10.0. The molecule has 1 amide bonds. The monoisotopic (exact) mass is 252 g/mol. The summed E-state index contributed by atoms with van der Waals surface area (Å²) in [5, 5.41) is 12.3. The van der Waals surface area contributed by atoms with E-state index in [0.717, 1.165) is 31.4 Å². The van der Waals surface area contributed by atoms with Gasteiger partial charge in [0.2, 0.25) is 0 Å². The van der Waals surface area contributed by atoms with E-state index in [1.54, 1.807) is 0 Å². The molecule has 98 valence electrons. The molecule has 0 heterocycles. The number of phenolic OH excluding ortho intramolecular Hbond substituents is 1. The number of carbonyl (C=O) groups excluding carboxylic acids is 1. The zero-order valence-electron chi connectivity index (χ0n) is 10.1. The summed E-state index contributed by atoms with van der Waals surface area (Å²) in [5.74, 6) is -1.28. The number of nitrogens with two attached hydrogens (primary N) is 1. The van der Waals surface area contributed by atoms with E-state index in [1.165, 1.54) is 6.07 Å². The zero-order valence-corrected chi connectivity index (χ0v) is 10.1. The number of amides is 1. The predicted octanol–water partition coefficient (Wildman–Crippen LogP) is 1.39. The molecular formula is C13H17FN2O2. The largest absolute Gasteiger partial charge is 0.507 e. The molecule has 0 aliphatic heterocycles. The molecule has 1 saturated carbocycles. The van der Waals surface area contributed by atoms with Crippen molar-refractivity contribution in [3.05, 3.63) is 29.6 Å². The Kier molecular flexibility index (Phi) is 3.52. The number of hydrogen-bond acceptors (Lipinski definition) is 3. The molecule has 0 spiro atoms. The van der Waals surface area contributed by atoms with Crippen molar-refractivity contribution in [2.24, 2.45) is 11.1 Å². The van der Waals surface area contributed by atoms with Crippen molar-refractivity contribution in [2.45, 2.75) is 19.3 Å². The number of halogens is 1. The third-order valence-electron chi connectivity index (χ3n) is 3.46. The highest BCUT2D eigenvalue weighted by atomic mass is 19.1. The number of phenols is 1. The smallest absolute Gasteiger partial charge is 0.255 e. The van der Waals surface area contributed by atoms with Gasteiger partial charge in [-0.3, -0.25) is 4.79 Å². The van der Waals surface area contributed by atoms with Crippen LogP contribution in [0.25, 0.3) is 0 Å². The fraction of sp³-hybridized carbons (Fsp3) is 0.462. The van der Waals surface area contributed by atoms with Crippen LogP contribution in [-0.2, 0) is 0 Å². The van der Waals surface area contributed by atoms with Gasteiger partial charge >= 0.3 is 0 Å². The van der Waals surface area contributed by atoms with E-state index in [-0.39, 0.29) is 22.6 Å². The van der Waals surface area contributed by atoms with E-state index in [0.29, 0.717) is 13.1 Å². The number of benzene rings is 1. The number of aromatic hydroxyl groups is 1. The van der Waals surface area contributed by atoms with Crippen molar-refractivity contribution in [1.29, 1.82) is 0 Å². The zero-order chi connectivity index (χ0) is 13.2. The molecule has 1 aromatic rings. The highest BCUT2D eigenvalue weighted by Crippen LogP contribution is 2.47. The van der Waals surface area contributed by atoms with Gasteiger partial charge in [-0.2, -0.15) is 0 Å². The van der Waals surface area contributed by atoms with Crippen molar-refractivity contribution >= 4 is 5.91 Å². The van der Waals surface area contributed by atoms with Crippen LogP contribution >= 0.6 is 0 Å². The summed E-state index contributed by atoms with van der Waals surface area (Å²) >= 11 is 0. The Balaban J connectivity index is 1.96. The fourth-order valence-electron chi connectivity index (χ4n) is 2.06. The predicted molar refractivity (Wildman–Crippen MR) is 65.7 cm³/mol. The molecule has 0 atom stereocenters. The van der Waals surface area contributed by atoms with Crippen LogP contribution in [0.15, 0.2) is 18.2 Å². The highest BCUT2D eigenvalue weighted by Gasteiger charge is 2.41. The second kappa shape index (κ2) is 4.94. The van der Waals surface area contributed by atoms with E-state index in [1.807, 2.05) is 0 Å². The quantitative estimate of drug-likeness (QED) is 0.741. The second-order valence-electron chi connectivity index (χ2n) is 4.88. The maximum atomic E-state index is 12.8. The fourth-order valence-corrected chi connectivity index (χ4v) is 2.06. The van der Waals surface area contributed by atoms with Crippen LogP contribution in [-0.4, -0.2) is 24.1 Å². The molecule has 0 unspecified atom stereocenters. The summed E-state index contributed by atoms with van der Waals surface area (Å²) < 4.78 is 12.8. The summed E-state index contributed by atoms with van der Waals surface area (Å²) in [6.45, 7) is 1.16. The van der Waals surface area contributed by atoms with Gasteiger partial charge in [-0.25, -0.2) is 4.39 Å². The van der Waals surface area contributed by atoms with E-state index >= 15 is 0 Å². The summed E-state index contributed by atoms with van der Waals surface area (Å²) in [6.07, 6.45) is 3.03. The topological polar surface area (TPSA) is 75.3 Å². The third-order valence-corrected chi connectivity index (χ3v) is 3.46. The van der Waals surface area contributed by atoms with Gasteiger partial charge in [0.1, 0.15) is 11.6 Å². The van der Waals surface area contributed by atoms with Gasteiger partial charge in [0.15, 0.2) is 0 Å². The van der Waals surface area contributed by atoms with Crippen LogP contribution < -0.4 is 11.1 Å². The minimum absolute atomic E-state index is 0.0972. The third kappa shape index (κ3) is 2.79. The van der Waals surface area contributed by atoms with Crippen LogP contribution in [0.4, 0.5) is 4.39 Å². The van der Waals surface area contributed by atoms with E-state index in [2.05, 4.69) is 5.32 Å². The molecule has 0 saturated heterocycles. The first kappa shape index (κ1) is 12.8. The first-order chi connectivity index (χ1) is 8.56. The van der Waals surface area contributed by atoms with Crippen molar-refractivity contribution in [3.63, 3.8) is 0 Å². The highest BCUT2D eigenvalue weighted by molar-refractivity contribution is 5.96. The Labute approximate surface area is 105 Å². The van der Waals surface area contributed by atoms with Gasteiger partial charge in [-0.05, 0) is 43.4 Å². The lowest BCUT2D eigenvalue weighted by Crippen LogP contribution is -2.31. The molecule has 2 rings (SSSR count). The van der Waals surface area contributed by atoms with Gasteiger partial charge in [-0.15, -0.1) is 0 Å². The summed E-state index contributed by atoms with van der Waals surface area (Å²) in [4.78, 5) is 11.8. The standard InChI is InChI=1S/C13H17FN2O2/c14-9-1-2-10(11(17)7-9)12(18)16-8-13(3-4-13)5-6-15/h1-2,7,17H,3-6,8,15H2,(H,16,18). The molecule has 0 radical (unpaired) electrons. The normalized spacial score (nSPS) is 16.3. The van der Waals surface area contributed by atoms with Crippen LogP contribution in [0.1, 0.15) is 29.6 Å². The summed E-state index contributed by atoms with van der Waals surface area (Å²) in [5.41, 5.74) is 5.75. The van der Waals surface area contributed by atoms with Gasteiger partial charge in [0.05, 0.1) is 5.56 Å². The molecule has 18 heavy (non-hydrogen) atoms. The molecule has 0 aromatic heterocycles. The van der Waals surface area contributed by atoms with Crippen molar-refractivity contribution < 1.29 is 14.3 Å². The van der Waals surface area contributed by atoms with Crippen LogP contribution in [0.2, 0.25) is 0 Å². The van der Waals surface area contributed by atoms with Gasteiger partial charge in [0.25, 0.3) is 5.91 Å². The molecular weight excluding hydrogens is 235 g/mol. The first-order valence-corrected chi connectivity index (χ1v) is 6.03. The Bertz CT molecular complexity index is 458. The average Bonchev–Trinajstić information content (AvgIpc) is 3.07. The first-order valence-electron chi connectivity index (χ1n) is 6.03. The van der Waals surface area contributed by atoms with E-state index in [4.69, 9.17) is 5.73 Å². The number of nitrogens with one attached hydrogen (secondary N) is 1. The Morgan fingerprint density at radius 1 is 1.50 bits per heavy atom. The van der Waals surface area contributed by atoms with Crippen molar-refractivity contribution in [3.8, 4) is 5.75 Å². The maximum Gasteiger partial charge on any atom is 0.255 e. The summed E-state index contributed by atoms with van der Waals surface area (Å²) in [6, 6.07) is 3.37. The SMILES string of the molecule is NCCC1(CNC(=O)c2ccc(F)cc2O)CC1. The van der Waals surface area contributed by atoms with Crippen molar-refractivity contribution in [1.82, 2.24) is 5.32 Å². The lowest BCUT2D eigenvalue weighted by Gasteiger charge is -2.15. The summed E-state index contributed by atoms with van der Waals surface area (Å²) in [7, 11) is 0. The minimum Gasteiger partial charge on any atom is -0.507 e. The van der Waals surface area contributed by atoms with E-state index < -0.39 is 5.82 Å². The number of hydrogen-bond donors (Lipinski definition) is 3. The molecule has 1 aromatic carbocycles. The Morgan fingerprint density at radius 3 is 2.78 bits per heavy atom. The molecule has 5 heteroatoms. The van der Waals surface area contributed by atoms with Crippen molar-refractivity contribution in [2.75, 3.05) is 13.1 Å².